The van der Waals surface area contributed by atoms with Gasteiger partial charge in [-0.1, -0.05) is 19.4 Å². The molecule has 1 saturated carbocycles. The van der Waals surface area contributed by atoms with E-state index >= 15 is 0 Å². The summed E-state index contributed by atoms with van der Waals surface area (Å²) in [5.41, 5.74) is 6.29. The first kappa shape index (κ1) is 13.7. The van der Waals surface area contributed by atoms with E-state index in [0.717, 1.165) is 24.8 Å². The molecule has 0 bridgehead atoms. The van der Waals surface area contributed by atoms with Crippen LogP contribution in [0.5, 0.6) is 0 Å². The second kappa shape index (κ2) is 4.87. The highest BCUT2D eigenvalue weighted by Crippen LogP contribution is 2.44. The molecule has 0 amide bonds. The van der Waals surface area contributed by atoms with Gasteiger partial charge in [-0.25, -0.2) is 4.79 Å². The first-order valence-electron chi connectivity index (χ1n) is 5.70. The van der Waals surface area contributed by atoms with Crippen molar-refractivity contribution in [1.29, 1.82) is 0 Å². The van der Waals surface area contributed by atoms with Crippen molar-refractivity contribution >= 4 is 11.9 Å². The standard InChI is InChI=1S/C12H19NO4/c1-12(2)5-3-4-8(12)7(10(14)15)6-9(13)11(16)17/h9H,3-6,13H2,1-2H3,(H,14,15)(H,16,17)/b8-7-/t9-/m0/s1. The summed E-state index contributed by atoms with van der Waals surface area (Å²) in [5.74, 6) is -2.22. The molecule has 5 heteroatoms. The van der Waals surface area contributed by atoms with Crippen LogP contribution in [0, 0.1) is 5.41 Å². The maximum absolute atomic E-state index is 11.2. The van der Waals surface area contributed by atoms with E-state index in [9.17, 15) is 14.7 Å². The number of nitrogens with two attached hydrogens (primary N) is 1. The Morgan fingerprint density at radius 2 is 2.00 bits per heavy atom. The Balaban J connectivity index is 3.05. The van der Waals surface area contributed by atoms with Crippen LogP contribution in [0.25, 0.3) is 0 Å². The Labute approximate surface area is 100 Å². The number of hydrogen-bond acceptors (Lipinski definition) is 3. The van der Waals surface area contributed by atoms with Crippen LogP contribution in [0.2, 0.25) is 0 Å². The highest BCUT2D eigenvalue weighted by molar-refractivity contribution is 5.89. The zero-order valence-corrected chi connectivity index (χ0v) is 10.2. The van der Waals surface area contributed by atoms with E-state index in [0.29, 0.717) is 0 Å². The Hall–Kier alpha value is -1.36. The van der Waals surface area contributed by atoms with Crippen molar-refractivity contribution in [1.82, 2.24) is 0 Å². The average Bonchev–Trinajstić information content (AvgIpc) is 2.53. The Bertz CT molecular complexity index is 371. The average molecular weight is 241 g/mol. The van der Waals surface area contributed by atoms with Crippen molar-refractivity contribution < 1.29 is 19.8 Å². The second-order valence-electron chi connectivity index (χ2n) is 5.15. The SMILES string of the molecule is CC1(C)CCC/C1=C(\C[C@H](N)C(=O)O)C(=O)O. The molecule has 0 heterocycles. The highest BCUT2D eigenvalue weighted by atomic mass is 16.4. The van der Waals surface area contributed by atoms with Crippen LogP contribution < -0.4 is 5.73 Å². The number of rotatable bonds is 4. The molecule has 1 rings (SSSR count). The largest absolute Gasteiger partial charge is 0.480 e. The summed E-state index contributed by atoms with van der Waals surface area (Å²) in [7, 11) is 0. The lowest BCUT2D eigenvalue weighted by atomic mass is 9.82. The van der Waals surface area contributed by atoms with Crippen molar-refractivity contribution in [2.24, 2.45) is 11.1 Å². The van der Waals surface area contributed by atoms with Gasteiger partial charge in [-0.05, 0) is 24.7 Å². The van der Waals surface area contributed by atoms with Crippen molar-refractivity contribution in [3.63, 3.8) is 0 Å². The van der Waals surface area contributed by atoms with Crippen LogP contribution in [-0.2, 0) is 9.59 Å². The van der Waals surface area contributed by atoms with Crippen LogP contribution >= 0.6 is 0 Å². The molecule has 0 aromatic rings. The molecule has 1 aliphatic carbocycles. The first-order chi connectivity index (χ1) is 7.75. The quantitative estimate of drug-likeness (QED) is 0.645. The molecule has 5 nitrogen and oxygen atoms in total. The third kappa shape index (κ3) is 3.06. The predicted molar refractivity (Wildman–Crippen MR) is 62.5 cm³/mol. The minimum absolute atomic E-state index is 0.108. The van der Waals surface area contributed by atoms with Gasteiger partial charge in [-0.15, -0.1) is 0 Å². The smallest absolute Gasteiger partial charge is 0.331 e. The van der Waals surface area contributed by atoms with E-state index in [4.69, 9.17) is 10.8 Å². The summed E-state index contributed by atoms with van der Waals surface area (Å²) in [6.45, 7) is 3.98. The van der Waals surface area contributed by atoms with E-state index in [2.05, 4.69) is 0 Å². The molecule has 0 unspecified atom stereocenters. The van der Waals surface area contributed by atoms with Gasteiger partial charge < -0.3 is 15.9 Å². The van der Waals surface area contributed by atoms with E-state index in [1.807, 2.05) is 13.8 Å². The summed E-state index contributed by atoms with van der Waals surface area (Å²) in [6.07, 6.45) is 2.49. The van der Waals surface area contributed by atoms with Crippen LogP contribution in [0.1, 0.15) is 39.5 Å². The number of hydrogen-bond donors (Lipinski definition) is 3. The maximum Gasteiger partial charge on any atom is 0.331 e. The van der Waals surface area contributed by atoms with E-state index < -0.39 is 18.0 Å². The number of aliphatic carboxylic acids is 2. The van der Waals surface area contributed by atoms with Crippen molar-refractivity contribution in [2.45, 2.75) is 45.6 Å². The highest BCUT2D eigenvalue weighted by Gasteiger charge is 2.34. The molecule has 0 saturated heterocycles. The molecular formula is C12H19NO4. The lowest BCUT2D eigenvalue weighted by molar-refractivity contribution is -0.138. The summed E-state index contributed by atoms with van der Waals surface area (Å²) < 4.78 is 0. The number of allylic oxidation sites excluding steroid dienone is 1. The third-order valence-corrected chi connectivity index (χ3v) is 3.41. The number of carboxylic acid groups (broad SMARTS) is 2. The molecule has 0 radical (unpaired) electrons. The molecule has 1 aliphatic rings. The van der Waals surface area contributed by atoms with Gasteiger partial charge >= 0.3 is 11.9 Å². The summed E-state index contributed by atoms with van der Waals surface area (Å²) in [4.78, 5) is 21.9. The van der Waals surface area contributed by atoms with Gasteiger partial charge in [-0.2, -0.15) is 0 Å². The molecule has 0 spiro atoms. The lowest BCUT2D eigenvalue weighted by Gasteiger charge is -2.23. The fraction of sp³-hybridized carbons (Fsp3) is 0.667. The van der Waals surface area contributed by atoms with E-state index in [1.54, 1.807) is 0 Å². The Kier molecular flexibility index (Phi) is 3.93. The van der Waals surface area contributed by atoms with Crippen molar-refractivity contribution in [2.75, 3.05) is 0 Å². The summed E-state index contributed by atoms with van der Waals surface area (Å²) in [5, 5.41) is 17.9. The third-order valence-electron chi connectivity index (χ3n) is 3.41. The van der Waals surface area contributed by atoms with Gasteiger partial charge in [0.2, 0.25) is 0 Å². The molecule has 0 aromatic heterocycles. The summed E-state index contributed by atoms with van der Waals surface area (Å²) >= 11 is 0. The van der Waals surface area contributed by atoms with E-state index in [-0.39, 0.29) is 17.4 Å². The van der Waals surface area contributed by atoms with Crippen LogP contribution in [0.4, 0.5) is 0 Å². The van der Waals surface area contributed by atoms with Gasteiger partial charge in [0, 0.05) is 12.0 Å². The fourth-order valence-corrected chi connectivity index (χ4v) is 2.40. The predicted octanol–water partition coefficient (Wildman–Crippen LogP) is 1.38. The van der Waals surface area contributed by atoms with Crippen molar-refractivity contribution in [3.05, 3.63) is 11.1 Å². The number of carboxylic acids is 2. The van der Waals surface area contributed by atoms with Crippen LogP contribution in [0.15, 0.2) is 11.1 Å². The molecule has 0 aliphatic heterocycles. The lowest BCUT2D eigenvalue weighted by Crippen LogP contribution is -2.32. The number of carbonyl (C=O) groups is 2. The van der Waals surface area contributed by atoms with Gasteiger partial charge in [0.1, 0.15) is 6.04 Å². The van der Waals surface area contributed by atoms with Crippen molar-refractivity contribution in [3.8, 4) is 0 Å². The maximum atomic E-state index is 11.2. The Morgan fingerprint density at radius 3 is 2.35 bits per heavy atom. The zero-order valence-electron chi connectivity index (χ0n) is 10.2. The van der Waals surface area contributed by atoms with Gasteiger partial charge in [-0.3, -0.25) is 4.79 Å². The topological polar surface area (TPSA) is 101 Å². The Morgan fingerprint density at radius 1 is 1.41 bits per heavy atom. The second-order valence-corrected chi connectivity index (χ2v) is 5.15. The van der Waals surface area contributed by atoms with Crippen LogP contribution in [-0.4, -0.2) is 28.2 Å². The first-order valence-corrected chi connectivity index (χ1v) is 5.70. The normalized spacial score (nSPS) is 23.2. The summed E-state index contributed by atoms with van der Waals surface area (Å²) in [6, 6.07) is -1.15. The molecule has 4 N–H and O–H groups in total. The molecule has 1 fully saturated rings. The fourth-order valence-electron chi connectivity index (χ4n) is 2.40. The van der Waals surface area contributed by atoms with Gasteiger partial charge in [0.05, 0.1) is 0 Å². The minimum atomic E-state index is -1.17. The molecule has 96 valence electrons. The molecular weight excluding hydrogens is 222 g/mol. The van der Waals surface area contributed by atoms with Gasteiger partial charge in [0.15, 0.2) is 0 Å². The monoisotopic (exact) mass is 241 g/mol. The zero-order chi connectivity index (χ0) is 13.2. The molecule has 17 heavy (non-hydrogen) atoms. The van der Waals surface area contributed by atoms with Gasteiger partial charge in [0.25, 0.3) is 0 Å². The van der Waals surface area contributed by atoms with Crippen LogP contribution in [0.3, 0.4) is 0 Å². The molecule has 0 aromatic carbocycles. The molecule has 1 atom stereocenters. The van der Waals surface area contributed by atoms with E-state index in [1.165, 1.54) is 0 Å². The minimum Gasteiger partial charge on any atom is -0.480 e.